The molecule has 3 aromatic rings. The number of hydrogen-bond donors (Lipinski definition) is 1. The summed E-state index contributed by atoms with van der Waals surface area (Å²) < 4.78 is 2.32. The molecule has 1 N–H and O–H groups in total. The number of nitrogens with zero attached hydrogens (tertiary/aromatic N) is 3. The van der Waals surface area contributed by atoms with Crippen molar-refractivity contribution < 1.29 is 0 Å². The van der Waals surface area contributed by atoms with Gasteiger partial charge < -0.3 is 14.8 Å². The fraction of sp³-hybridized carbons (Fsp3) is 0.273. The highest BCUT2D eigenvalue weighted by Gasteiger charge is 2.42. The molecule has 2 atom stereocenters. The Balaban J connectivity index is 1.87. The molecule has 0 spiro atoms. The molecule has 1 aliphatic rings. The van der Waals surface area contributed by atoms with Crippen molar-refractivity contribution in [2.75, 3.05) is 4.90 Å². The summed E-state index contributed by atoms with van der Waals surface area (Å²) in [6, 6.07) is 19.2. The van der Waals surface area contributed by atoms with Gasteiger partial charge in [0.2, 0.25) is 0 Å². The van der Waals surface area contributed by atoms with E-state index >= 15 is 0 Å². The second-order valence-corrected chi connectivity index (χ2v) is 7.66. The van der Waals surface area contributed by atoms with Crippen molar-refractivity contribution in [1.29, 1.82) is 0 Å². The van der Waals surface area contributed by atoms with Crippen LogP contribution in [0.15, 0.2) is 67.0 Å². The minimum atomic E-state index is -0.00777. The normalized spacial score (nSPS) is 19.6. The Labute approximate surface area is 165 Å². The average molecular weight is 377 g/mol. The van der Waals surface area contributed by atoms with Gasteiger partial charge in [0, 0.05) is 29.8 Å². The van der Waals surface area contributed by atoms with Gasteiger partial charge in [-0.05, 0) is 75.0 Å². The van der Waals surface area contributed by atoms with Crippen molar-refractivity contribution in [2.24, 2.45) is 0 Å². The summed E-state index contributed by atoms with van der Waals surface area (Å²) in [7, 11) is 0. The molecule has 1 saturated heterocycles. The van der Waals surface area contributed by atoms with Gasteiger partial charge in [0.25, 0.3) is 0 Å². The molecular weight excluding hydrogens is 352 g/mol. The number of nitrogens with one attached hydrogen (secondary N) is 1. The van der Waals surface area contributed by atoms with Gasteiger partial charge in [0.05, 0.1) is 11.7 Å². The Morgan fingerprint density at radius 1 is 1.07 bits per heavy atom. The molecule has 1 fully saturated rings. The van der Waals surface area contributed by atoms with Gasteiger partial charge in [0.15, 0.2) is 5.11 Å². The van der Waals surface area contributed by atoms with E-state index in [9.17, 15) is 0 Å². The first-order valence-electron chi connectivity index (χ1n) is 9.30. The summed E-state index contributed by atoms with van der Waals surface area (Å²) in [5.74, 6) is 0. The summed E-state index contributed by atoms with van der Waals surface area (Å²) in [4.78, 5) is 6.85. The van der Waals surface area contributed by atoms with E-state index < -0.39 is 0 Å². The van der Waals surface area contributed by atoms with Crippen LogP contribution < -0.4 is 10.2 Å². The summed E-state index contributed by atoms with van der Waals surface area (Å²) in [6.45, 7) is 6.52. The molecule has 1 aromatic carbocycles. The number of rotatable bonds is 4. The fourth-order valence-electron chi connectivity index (χ4n) is 3.84. The largest absolute Gasteiger partial charge is 0.351 e. The van der Waals surface area contributed by atoms with Crippen LogP contribution in [-0.2, 0) is 0 Å². The summed E-state index contributed by atoms with van der Waals surface area (Å²) in [6.07, 6.45) is 3.99. The number of aryl methyl sites for hydroxylation is 1. The Morgan fingerprint density at radius 2 is 1.93 bits per heavy atom. The molecule has 0 radical (unpaired) electrons. The van der Waals surface area contributed by atoms with Crippen LogP contribution in [0.5, 0.6) is 0 Å². The second-order valence-electron chi connectivity index (χ2n) is 7.27. The van der Waals surface area contributed by atoms with Gasteiger partial charge in [-0.25, -0.2) is 0 Å². The van der Waals surface area contributed by atoms with Crippen LogP contribution in [0.2, 0.25) is 0 Å². The predicted molar refractivity (Wildman–Crippen MR) is 114 cm³/mol. The average Bonchev–Trinajstić information content (AvgIpc) is 3.26. The van der Waals surface area contributed by atoms with Crippen LogP contribution in [0, 0.1) is 6.92 Å². The van der Waals surface area contributed by atoms with Crippen LogP contribution in [0.1, 0.15) is 48.9 Å². The lowest BCUT2D eigenvalue weighted by Crippen LogP contribution is -2.30. The van der Waals surface area contributed by atoms with E-state index in [1.165, 1.54) is 11.3 Å². The number of aromatic nitrogens is 2. The maximum Gasteiger partial charge on any atom is 0.174 e. The van der Waals surface area contributed by atoms with Crippen molar-refractivity contribution in [3.63, 3.8) is 0 Å². The van der Waals surface area contributed by atoms with Crippen molar-refractivity contribution in [3.8, 4) is 0 Å². The number of hydrogen-bond acceptors (Lipinski definition) is 2. The molecule has 4 nitrogen and oxygen atoms in total. The smallest absolute Gasteiger partial charge is 0.174 e. The summed E-state index contributed by atoms with van der Waals surface area (Å²) in [5, 5.41) is 4.26. The zero-order chi connectivity index (χ0) is 19.0. The molecule has 1 aliphatic heterocycles. The molecule has 0 saturated carbocycles. The third-order valence-corrected chi connectivity index (χ3v) is 5.36. The maximum absolute atomic E-state index is 5.78. The van der Waals surface area contributed by atoms with Crippen LogP contribution in [0.4, 0.5) is 5.69 Å². The topological polar surface area (TPSA) is 33.1 Å². The predicted octanol–water partition coefficient (Wildman–Crippen LogP) is 4.95. The van der Waals surface area contributed by atoms with Gasteiger partial charge in [-0.3, -0.25) is 4.98 Å². The minimum Gasteiger partial charge on any atom is -0.351 e. The molecule has 27 heavy (non-hydrogen) atoms. The number of thiocarbonyl (C=S) groups is 1. The summed E-state index contributed by atoms with van der Waals surface area (Å²) >= 11 is 5.78. The van der Waals surface area contributed by atoms with Gasteiger partial charge in [-0.15, -0.1) is 0 Å². The van der Waals surface area contributed by atoms with Crippen molar-refractivity contribution in [2.45, 2.75) is 38.9 Å². The Hall–Kier alpha value is -2.66. The number of anilines is 1. The number of benzene rings is 1. The van der Waals surface area contributed by atoms with E-state index in [2.05, 4.69) is 89.2 Å². The standard InChI is InChI=1S/C22H24N4S/c1-15(2)25-13-7-11-19(25)21-20(18-10-4-5-12-23-18)24-22(27)26(21)17-9-6-8-16(3)14-17/h4-15,20-21H,1-3H3,(H,24,27)/t20-,21+/m0/s1. The van der Waals surface area contributed by atoms with Crippen LogP contribution in [0.3, 0.4) is 0 Å². The molecule has 4 rings (SSSR count). The SMILES string of the molecule is Cc1cccc(N2C(=S)N[C@@H](c3ccccn3)[C@H]2c2cccn2C(C)C)c1. The fourth-order valence-corrected chi connectivity index (χ4v) is 4.19. The molecule has 0 amide bonds. The highest BCUT2D eigenvalue weighted by molar-refractivity contribution is 7.80. The molecule has 3 heterocycles. The Bertz CT molecular complexity index is 948. The van der Waals surface area contributed by atoms with Crippen LogP contribution >= 0.6 is 12.2 Å². The van der Waals surface area contributed by atoms with Gasteiger partial charge in [0.1, 0.15) is 6.04 Å². The lowest BCUT2D eigenvalue weighted by atomic mass is 10.0. The molecule has 2 aromatic heterocycles. The molecule has 0 unspecified atom stereocenters. The first-order valence-corrected chi connectivity index (χ1v) is 9.71. The molecule has 138 valence electrons. The zero-order valence-corrected chi connectivity index (χ0v) is 16.6. The van der Waals surface area contributed by atoms with Gasteiger partial charge in [-0.1, -0.05) is 18.2 Å². The highest BCUT2D eigenvalue weighted by Crippen LogP contribution is 2.42. The Morgan fingerprint density at radius 3 is 2.63 bits per heavy atom. The van der Waals surface area contributed by atoms with E-state index in [1.54, 1.807) is 0 Å². The molecule has 0 aliphatic carbocycles. The second kappa shape index (κ2) is 7.16. The first-order chi connectivity index (χ1) is 13.1. The van der Waals surface area contributed by atoms with E-state index in [1.807, 2.05) is 18.3 Å². The van der Waals surface area contributed by atoms with Crippen molar-refractivity contribution in [1.82, 2.24) is 14.9 Å². The van der Waals surface area contributed by atoms with Gasteiger partial charge in [-0.2, -0.15) is 0 Å². The van der Waals surface area contributed by atoms with E-state index in [0.717, 1.165) is 16.5 Å². The number of pyridine rings is 1. The summed E-state index contributed by atoms with van der Waals surface area (Å²) in [5.41, 5.74) is 4.55. The van der Waals surface area contributed by atoms with Crippen LogP contribution in [-0.4, -0.2) is 14.7 Å². The van der Waals surface area contributed by atoms with Crippen LogP contribution in [0.25, 0.3) is 0 Å². The zero-order valence-electron chi connectivity index (χ0n) is 15.8. The molecular formula is C22H24N4S. The quantitative estimate of drug-likeness (QED) is 0.653. The molecule has 5 heteroatoms. The van der Waals surface area contributed by atoms with E-state index in [0.29, 0.717) is 6.04 Å². The lowest BCUT2D eigenvalue weighted by molar-refractivity contribution is 0.497. The highest BCUT2D eigenvalue weighted by atomic mass is 32.1. The minimum absolute atomic E-state index is 0.00777. The molecule has 0 bridgehead atoms. The van der Waals surface area contributed by atoms with E-state index in [4.69, 9.17) is 12.2 Å². The maximum atomic E-state index is 5.78. The van der Waals surface area contributed by atoms with Crippen molar-refractivity contribution >= 4 is 23.0 Å². The lowest BCUT2D eigenvalue weighted by Gasteiger charge is -2.30. The Kier molecular flexibility index (Phi) is 4.70. The monoisotopic (exact) mass is 376 g/mol. The van der Waals surface area contributed by atoms with Gasteiger partial charge >= 0.3 is 0 Å². The first kappa shape index (κ1) is 17.7. The van der Waals surface area contributed by atoms with Crippen molar-refractivity contribution in [3.05, 3.63) is 83.9 Å². The van der Waals surface area contributed by atoms with E-state index in [-0.39, 0.29) is 12.1 Å². The third-order valence-electron chi connectivity index (χ3n) is 5.05. The third kappa shape index (κ3) is 3.23.